The maximum absolute atomic E-state index is 14.5. The van der Waals surface area contributed by atoms with Gasteiger partial charge in [0.25, 0.3) is 0 Å². The summed E-state index contributed by atoms with van der Waals surface area (Å²) in [6.45, 7) is 8.76. The fraction of sp³-hybridized carbons (Fsp3) is 0.528. The molecule has 3 aromatic rings. The minimum absolute atomic E-state index is 0.102. The lowest BCUT2D eigenvalue weighted by molar-refractivity contribution is -0.141. The van der Waals surface area contributed by atoms with E-state index in [0.717, 1.165) is 73.0 Å². The Kier molecular flexibility index (Phi) is 10.2. The molecule has 242 valence electrons. The monoisotopic (exact) mass is 633 g/mol. The molecule has 1 aromatic heterocycles. The van der Waals surface area contributed by atoms with Crippen molar-refractivity contribution in [2.45, 2.75) is 65.3 Å². The van der Waals surface area contributed by atoms with Crippen LogP contribution in [0.4, 0.5) is 5.69 Å². The van der Waals surface area contributed by atoms with Crippen LogP contribution in [0.25, 0.3) is 10.9 Å². The number of fused-ring (bicyclic) bond motifs is 2. The highest BCUT2D eigenvalue weighted by Crippen LogP contribution is 2.33. The highest BCUT2D eigenvalue weighted by atomic mass is 35.5. The zero-order valence-corrected chi connectivity index (χ0v) is 28.1. The molecule has 5 rings (SSSR count). The Labute approximate surface area is 272 Å². The second-order valence-corrected chi connectivity index (χ2v) is 14.7. The molecule has 45 heavy (non-hydrogen) atoms. The van der Waals surface area contributed by atoms with Crippen molar-refractivity contribution in [3.05, 3.63) is 64.8 Å². The van der Waals surface area contributed by atoms with Crippen molar-refractivity contribution in [1.29, 1.82) is 0 Å². The van der Waals surface area contributed by atoms with Crippen LogP contribution in [0.5, 0.6) is 0 Å². The van der Waals surface area contributed by atoms with Gasteiger partial charge in [-0.05, 0) is 87.0 Å². The SMILES string of the molecule is CN(C)C[C@H]1Cc2cc(Cl)ccc2N(C(=O)[C@@H](Cc2c[nH]c3ccccc23)NC(=O)CCC2CCN(C(=O)C(C)(C)C)CC2)C1. The second kappa shape index (κ2) is 14.0. The molecule has 1 fully saturated rings. The number of para-hydroxylation sites is 1. The lowest BCUT2D eigenvalue weighted by Crippen LogP contribution is -2.53. The maximum atomic E-state index is 14.5. The van der Waals surface area contributed by atoms with E-state index < -0.39 is 6.04 Å². The Morgan fingerprint density at radius 1 is 1.07 bits per heavy atom. The molecule has 2 N–H and O–H groups in total. The molecule has 0 aliphatic carbocycles. The van der Waals surface area contributed by atoms with Gasteiger partial charge in [-0.3, -0.25) is 14.4 Å². The Morgan fingerprint density at radius 3 is 2.51 bits per heavy atom. The third-order valence-corrected chi connectivity index (χ3v) is 9.46. The van der Waals surface area contributed by atoms with E-state index in [4.69, 9.17) is 11.6 Å². The molecule has 1 saturated heterocycles. The number of anilines is 1. The molecule has 0 radical (unpaired) electrons. The summed E-state index contributed by atoms with van der Waals surface area (Å²) in [5.41, 5.74) is 3.55. The van der Waals surface area contributed by atoms with Crippen molar-refractivity contribution >= 4 is 45.9 Å². The van der Waals surface area contributed by atoms with E-state index in [1.54, 1.807) is 0 Å². The number of nitrogens with zero attached hydrogens (tertiary/aromatic N) is 3. The molecule has 2 aromatic carbocycles. The van der Waals surface area contributed by atoms with Crippen LogP contribution < -0.4 is 10.2 Å². The highest BCUT2D eigenvalue weighted by Gasteiger charge is 2.35. The van der Waals surface area contributed by atoms with Gasteiger partial charge >= 0.3 is 0 Å². The quantitative estimate of drug-likeness (QED) is 0.317. The van der Waals surface area contributed by atoms with Gasteiger partial charge in [-0.1, -0.05) is 50.6 Å². The lowest BCUT2D eigenvalue weighted by Gasteiger charge is -2.38. The number of hydrogen-bond acceptors (Lipinski definition) is 4. The topological polar surface area (TPSA) is 88.8 Å². The smallest absolute Gasteiger partial charge is 0.249 e. The van der Waals surface area contributed by atoms with Crippen LogP contribution in [0, 0.1) is 17.3 Å². The molecule has 0 unspecified atom stereocenters. The average molecular weight is 634 g/mol. The summed E-state index contributed by atoms with van der Waals surface area (Å²) >= 11 is 6.39. The normalized spacial score (nSPS) is 18.2. The van der Waals surface area contributed by atoms with E-state index in [0.29, 0.717) is 30.3 Å². The number of aromatic amines is 1. The number of aromatic nitrogens is 1. The molecular weight excluding hydrogens is 586 g/mol. The fourth-order valence-corrected chi connectivity index (χ4v) is 7.16. The molecular formula is C36H48ClN5O3. The number of carbonyl (C=O) groups is 3. The molecule has 0 saturated carbocycles. The number of nitrogens with one attached hydrogen (secondary N) is 2. The van der Waals surface area contributed by atoms with Gasteiger partial charge in [0.15, 0.2) is 0 Å². The van der Waals surface area contributed by atoms with Gasteiger partial charge < -0.3 is 25.0 Å². The van der Waals surface area contributed by atoms with E-state index in [1.165, 1.54) is 0 Å². The summed E-state index contributed by atoms with van der Waals surface area (Å²) in [5.74, 6) is 0.601. The first kappa shape index (κ1) is 33.0. The van der Waals surface area contributed by atoms with E-state index in [-0.39, 0.29) is 29.1 Å². The summed E-state index contributed by atoms with van der Waals surface area (Å²) in [6, 6.07) is 13.1. The van der Waals surface area contributed by atoms with Crippen LogP contribution in [0.3, 0.4) is 0 Å². The number of H-pyrrole nitrogens is 1. The van der Waals surface area contributed by atoms with Gasteiger partial charge in [-0.25, -0.2) is 0 Å². The summed E-state index contributed by atoms with van der Waals surface area (Å²) < 4.78 is 0. The Balaban J connectivity index is 1.32. The van der Waals surface area contributed by atoms with E-state index in [9.17, 15) is 14.4 Å². The predicted molar refractivity (Wildman–Crippen MR) is 181 cm³/mol. The van der Waals surface area contributed by atoms with Crippen molar-refractivity contribution in [1.82, 2.24) is 20.1 Å². The van der Waals surface area contributed by atoms with Gasteiger partial charge in [0.05, 0.1) is 0 Å². The molecule has 3 heterocycles. The van der Waals surface area contributed by atoms with Crippen molar-refractivity contribution in [2.75, 3.05) is 45.2 Å². The highest BCUT2D eigenvalue weighted by molar-refractivity contribution is 6.30. The first-order chi connectivity index (χ1) is 21.4. The predicted octanol–water partition coefficient (Wildman–Crippen LogP) is 5.68. The van der Waals surface area contributed by atoms with Crippen LogP contribution in [0.1, 0.15) is 57.6 Å². The second-order valence-electron chi connectivity index (χ2n) is 14.3. The van der Waals surface area contributed by atoms with Crippen LogP contribution in [-0.4, -0.2) is 78.8 Å². The number of amides is 3. The fourth-order valence-electron chi connectivity index (χ4n) is 6.97. The zero-order valence-electron chi connectivity index (χ0n) is 27.4. The molecule has 0 spiro atoms. The number of likely N-dealkylation sites (tertiary alicyclic amines) is 1. The average Bonchev–Trinajstić information content (AvgIpc) is 3.40. The van der Waals surface area contributed by atoms with Crippen molar-refractivity contribution < 1.29 is 14.4 Å². The van der Waals surface area contributed by atoms with Crippen molar-refractivity contribution in [3.63, 3.8) is 0 Å². The van der Waals surface area contributed by atoms with Crippen molar-refractivity contribution in [2.24, 2.45) is 17.3 Å². The number of rotatable bonds is 9. The minimum atomic E-state index is -0.718. The standard InChI is InChI=1S/C36H48ClN5O3/c1-36(2,3)35(45)41-16-14-24(15-17-41)10-13-33(43)39-31(20-27-21-38-30-9-7-6-8-29(27)30)34(44)42-23-25(22-40(4)5)18-26-19-28(37)11-12-32(26)42/h6-9,11-12,19,21,24-25,31,38H,10,13-18,20,22-23H2,1-5H3,(H,39,43)/t25-,31-/m1/s1. The number of piperidine rings is 1. The third kappa shape index (κ3) is 8.08. The molecule has 3 amide bonds. The summed E-state index contributed by atoms with van der Waals surface area (Å²) in [6.07, 6.45) is 6.07. The number of hydrogen-bond donors (Lipinski definition) is 2. The number of carbonyl (C=O) groups excluding carboxylic acids is 3. The van der Waals surface area contributed by atoms with Crippen molar-refractivity contribution in [3.8, 4) is 0 Å². The summed E-state index contributed by atoms with van der Waals surface area (Å²) in [7, 11) is 4.10. The zero-order chi connectivity index (χ0) is 32.3. The molecule has 2 aliphatic heterocycles. The largest absolute Gasteiger partial charge is 0.361 e. The van der Waals surface area contributed by atoms with Gasteiger partial charge in [0, 0.05) is 72.2 Å². The lowest BCUT2D eigenvalue weighted by atomic mass is 9.89. The molecule has 9 heteroatoms. The van der Waals surface area contributed by atoms with Gasteiger partial charge in [0.1, 0.15) is 6.04 Å². The molecule has 2 aliphatic rings. The molecule has 0 bridgehead atoms. The first-order valence-corrected chi connectivity index (χ1v) is 16.6. The van der Waals surface area contributed by atoms with Crippen LogP contribution in [0.2, 0.25) is 5.02 Å². The van der Waals surface area contributed by atoms with Crippen LogP contribution in [-0.2, 0) is 27.2 Å². The number of halogens is 1. The van der Waals surface area contributed by atoms with E-state index >= 15 is 0 Å². The third-order valence-electron chi connectivity index (χ3n) is 9.23. The van der Waals surface area contributed by atoms with Crippen LogP contribution >= 0.6 is 11.6 Å². The van der Waals surface area contributed by atoms with Crippen LogP contribution in [0.15, 0.2) is 48.7 Å². The Morgan fingerprint density at radius 2 is 1.80 bits per heavy atom. The van der Waals surface area contributed by atoms with E-state index in [1.807, 2.05) is 93.3 Å². The first-order valence-electron chi connectivity index (χ1n) is 16.3. The summed E-state index contributed by atoms with van der Waals surface area (Å²) in [5, 5.41) is 4.87. The molecule has 2 atom stereocenters. The molecule has 8 nitrogen and oxygen atoms in total. The Bertz CT molecular complexity index is 1520. The van der Waals surface area contributed by atoms with E-state index in [2.05, 4.69) is 15.2 Å². The maximum Gasteiger partial charge on any atom is 0.249 e. The minimum Gasteiger partial charge on any atom is -0.361 e. The summed E-state index contributed by atoms with van der Waals surface area (Å²) in [4.78, 5) is 50.0. The van der Waals surface area contributed by atoms with Gasteiger partial charge in [-0.15, -0.1) is 0 Å². The van der Waals surface area contributed by atoms with Gasteiger partial charge in [-0.2, -0.15) is 0 Å². The van der Waals surface area contributed by atoms with Gasteiger partial charge in [0.2, 0.25) is 17.7 Å². The Hall–Kier alpha value is -3.36. The number of benzene rings is 2.